The summed E-state index contributed by atoms with van der Waals surface area (Å²) >= 11 is 0. The van der Waals surface area contributed by atoms with Crippen LogP contribution in [-0.2, 0) is 6.18 Å². The van der Waals surface area contributed by atoms with E-state index in [0.29, 0.717) is 12.1 Å². The normalized spacial score (nSPS) is 21.5. The molecule has 0 aromatic heterocycles. The average Bonchev–Trinajstić information content (AvgIpc) is 2.29. The number of nitrogens with one attached hydrogen (secondary N) is 1. The van der Waals surface area contributed by atoms with Gasteiger partial charge in [-0.3, -0.25) is 0 Å². The van der Waals surface area contributed by atoms with Crippen LogP contribution >= 0.6 is 0 Å². The van der Waals surface area contributed by atoms with Crippen molar-refractivity contribution in [2.24, 2.45) is 0 Å². The molecule has 5 heteroatoms. The van der Waals surface area contributed by atoms with Gasteiger partial charge in [0.2, 0.25) is 0 Å². The van der Waals surface area contributed by atoms with Crippen LogP contribution in [-0.4, -0.2) is 18.2 Å². The SMILES string of the molecule is Oc1cc(C(F)(F)F)ccc1C1CCCNC1. The molecule has 1 aromatic rings. The molecule has 0 radical (unpaired) electrons. The van der Waals surface area contributed by atoms with Gasteiger partial charge in [-0.2, -0.15) is 13.2 Å². The molecule has 0 aliphatic carbocycles. The van der Waals surface area contributed by atoms with Gasteiger partial charge in [0, 0.05) is 12.5 Å². The zero-order chi connectivity index (χ0) is 12.5. The van der Waals surface area contributed by atoms with Crippen LogP contribution < -0.4 is 5.32 Å². The lowest BCUT2D eigenvalue weighted by Crippen LogP contribution is -2.28. The number of halogens is 3. The summed E-state index contributed by atoms with van der Waals surface area (Å²) in [5.41, 5.74) is -0.201. The Balaban J connectivity index is 2.25. The number of piperidine rings is 1. The Kier molecular flexibility index (Phi) is 3.28. The van der Waals surface area contributed by atoms with Gasteiger partial charge in [-0.05, 0) is 37.1 Å². The summed E-state index contributed by atoms with van der Waals surface area (Å²) < 4.78 is 37.3. The van der Waals surface area contributed by atoms with E-state index < -0.39 is 11.7 Å². The molecule has 1 unspecified atom stereocenters. The van der Waals surface area contributed by atoms with Crippen molar-refractivity contribution in [3.05, 3.63) is 29.3 Å². The van der Waals surface area contributed by atoms with Crippen LogP contribution in [0.5, 0.6) is 5.75 Å². The fourth-order valence-corrected chi connectivity index (χ4v) is 2.18. The van der Waals surface area contributed by atoms with Crippen LogP contribution in [0.2, 0.25) is 0 Å². The summed E-state index contributed by atoms with van der Waals surface area (Å²) in [5, 5.41) is 12.9. The molecule has 1 saturated heterocycles. The predicted octanol–water partition coefficient (Wildman–Crippen LogP) is 2.88. The quantitative estimate of drug-likeness (QED) is 0.797. The number of phenols is 1. The molecular formula is C12H14F3NO. The van der Waals surface area contributed by atoms with Crippen molar-refractivity contribution in [2.45, 2.75) is 24.9 Å². The molecule has 0 spiro atoms. The lowest BCUT2D eigenvalue weighted by Gasteiger charge is -2.24. The number of hydrogen-bond acceptors (Lipinski definition) is 2. The van der Waals surface area contributed by atoms with Crippen molar-refractivity contribution in [3.63, 3.8) is 0 Å². The molecule has 2 rings (SSSR count). The minimum Gasteiger partial charge on any atom is -0.508 e. The van der Waals surface area contributed by atoms with Crippen LogP contribution in [0.1, 0.15) is 29.9 Å². The Hall–Kier alpha value is -1.23. The van der Waals surface area contributed by atoms with E-state index in [4.69, 9.17) is 0 Å². The molecule has 1 aromatic carbocycles. The second kappa shape index (κ2) is 4.56. The molecule has 1 fully saturated rings. The Labute approximate surface area is 97.5 Å². The lowest BCUT2D eigenvalue weighted by atomic mass is 9.90. The van der Waals surface area contributed by atoms with Gasteiger partial charge in [-0.25, -0.2) is 0 Å². The molecule has 0 amide bonds. The topological polar surface area (TPSA) is 32.3 Å². The molecule has 0 saturated carbocycles. The standard InChI is InChI=1S/C12H14F3NO/c13-12(14,15)9-3-4-10(11(17)6-9)8-2-1-5-16-7-8/h3-4,6,8,16-17H,1-2,5,7H2. The Morgan fingerprint density at radius 2 is 2.06 bits per heavy atom. The van der Waals surface area contributed by atoms with Gasteiger partial charge < -0.3 is 10.4 Å². The summed E-state index contributed by atoms with van der Waals surface area (Å²) in [7, 11) is 0. The van der Waals surface area contributed by atoms with E-state index in [1.165, 1.54) is 6.07 Å². The zero-order valence-electron chi connectivity index (χ0n) is 9.22. The van der Waals surface area contributed by atoms with Crippen molar-refractivity contribution in [3.8, 4) is 5.75 Å². The van der Waals surface area contributed by atoms with E-state index >= 15 is 0 Å². The minimum absolute atomic E-state index is 0.103. The first-order chi connectivity index (χ1) is 7.98. The fourth-order valence-electron chi connectivity index (χ4n) is 2.18. The first kappa shape index (κ1) is 12.2. The fraction of sp³-hybridized carbons (Fsp3) is 0.500. The summed E-state index contributed by atoms with van der Waals surface area (Å²) in [6, 6.07) is 3.23. The molecule has 2 nitrogen and oxygen atoms in total. The molecular weight excluding hydrogens is 231 g/mol. The van der Waals surface area contributed by atoms with Gasteiger partial charge >= 0.3 is 6.18 Å². The first-order valence-electron chi connectivity index (χ1n) is 5.59. The highest BCUT2D eigenvalue weighted by Gasteiger charge is 2.31. The van der Waals surface area contributed by atoms with Gasteiger partial charge in [-0.1, -0.05) is 6.07 Å². The van der Waals surface area contributed by atoms with E-state index in [1.807, 2.05) is 0 Å². The van der Waals surface area contributed by atoms with E-state index in [9.17, 15) is 18.3 Å². The molecule has 1 aliphatic rings. The van der Waals surface area contributed by atoms with E-state index in [0.717, 1.165) is 31.5 Å². The number of phenolic OH excluding ortho intramolecular Hbond substituents is 1. The second-order valence-corrected chi connectivity index (χ2v) is 4.31. The second-order valence-electron chi connectivity index (χ2n) is 4.31. The molecule has 94 valence electrons. The first-order valence-corrected chi connectivity index (χ1v) is 5.59. The third kappa shape index (κ3) is 2.72. The Morgan fingerprint density at radius 1 is 1.29 bits per heavy atom. The molecule has 1 heterocycles. The highest BCUT2D eigenvalue weighted by molar-refractivity contribution is 5.40. The van der Waals surface area contributed by atoms with Gasteiger partial charge in [0.05, 0.1) is 5.56 Å². The summed E-state index contributed by atoms with van der Waals surface area (Å²) in [5.74, 6) is -0.153. The number of benzene rings is 1. The number of alkyl halides is 3. The van der Waals surface area contributed by atoms with Gasteiger partial charge in [-0.15, -0.1) is 0 Å². The highest BCUT2D eigenvalue weighted by atomic mass is 19.4. The highest BCUT2D eigenvalue weighted by Crippen LogP contribution is 2.36. The maximum Gasteiger partial charge on any atom is 0.416 e. The Morgan fingerprint density at radius 3 is 2.59 bits per heavy atom. The number of rotatable bonds is 1. The smallest absolute Gasteiger partial charge is 0.416 e. The summed E-state index contributed by atoms with van der Waals surface area (Å²) in [4.78, 5) is 0. The van der Waals surface area contributed by atoms with Crippen LogP contribution in [0, 0.1) is 0 Å². The van der Waals surface area contributed by atoms with Crippen LogP contribution in [0.15, 0.2) is 18.2 Å². The largest absolute Gasteiger partial charge is 0.508 e. The van der Waals surface area contributed by atoms with E-state index in [1.54, 1.807) is 0 Å². The molecule has 0 bridgehead atoms. The van der Waals surface area contributed by atoms with Crippen molar-refractivity contribution < 1.29 is 18.3 Å². The maximum absolute atomic E-state index is 12.4. The van der Waals surface area contributed by atoms with E-state index in [-0.39, 0.29) is 11.7 Å². The Bertz CT molecular complexity index is 397. The van der Waals surface area contributed by atoms with Crippen molar-refractivity contribution in [2.75, 3.05) is 13.1 Å². The van der Waals surface area contributed by atoms with Crippen LogP contribution in [0.3, 0.4) is 0 Å². The van der Waals surface area contributed by atoms with Gasteiger partial charge in [0.1, 0.15) is 5.75 Å². The zero-order valence-corrected chi connectivity index (χ0v) is 9.22. The minimum atomic E-state index is -4.40. The van der Waals surface area contributed by atoms with Crippen molar-refractivity contribution in [1.82, 2.24) is 5.32 Å². The lowest BCUT2D eigenvalue weighted by molar-refractivity contribution is -0.137. The monoisotopic (exact) mass is 245 g/mol. The van der Waals surface area contributed by atoms with Gasteiger partial charge in [0.25, 0.3) is 0 Å². The van der Waals surface area contributed by atoms with Crippen molar-refractivity contribution >= 4 is 0 Å². The van der Waals surface area contributed by atoms with Crippen LogP contribution in [0.25, 0.3) is 0 Å². The third-order valence-corrected chi connectivity index (χ3v) is 3.09. The third-order valence-electron chi connectivity index (χ3n) is 3.09. The van der Waals surface area contributed by atoms with E-state index in [2.05, 4.69) is 5.32 Å². The van der Waals surface area contributed by atoms with Crippen molar-refractivity contribution in [1.29, 1.82) is 0 Å². The summed E-state index contributed by atoms with van der Waals surface area (Å²) in [6.45, 7) is 1.64. The van der Waals surface area contributed by atoms with Gasteiger partial charge in [0.15, 0.2) is 0 Å². The van der Waals surface area contributed by atoms with Crippen LogP contribution in [0.4, 0.5) is 13.2 Å². The molecule has 2 N–H and O–H groups in total. The number of hydrogen-bond donors (Lipinski definition) is 2. The number of aromatic hydroxyl groups is 1. The molecule has 1 atom stereocenters. The maximum atomic E-state index is 12.4. The molecule has 17 heavy (non-hydrogen) atoms. The summed E-state index contributed by atoms with van der Waals surface area (Å²) in [6.07, 6.45) is -2.53. The molecule has 1 aliphatic heterocycles. The average molecular weight is 245 g/mol. The predicted molar refractivity (Wildman–Crippen MR) is 58.0 cm³/mol.